The van der Waals surface area contributed by atoms with Gasteiger partial charge in [0.15, 0.2) is 0 Å². The molecular formula is C15H9N3. The third-order valence-electron chi connectivity index (χ3n) is 1.77. The van der Waals surface area contributed by atoms with E-state index in [1.807, 2.05) is 0 Å². The lowest BCUT2D eigenvalue weighted by Gasteiger charge is -1.89. The molecule has 84 valence electrons. The number of rotatable bonds is 0. The fraction of sp³-hybridized carbons (Fsp3) is 0. The van der Waals surface area contributed by atoms with Crippen molar-refractivity contribution in [2.75, 3.05) is 0 Å². The molecule has 0 atom stereocenters. The molecule has 0 aliphatic rings. The molecule has 2 rings (SSSR count). The Labute approximate surface area is 106 Å². The Morgan fingerprint density at radius 2 is 1.39 bits per heavy atom. The van der Waals surface area contributed by atoms with E-state index < -0.39 is 0 Å². The molecule has 0 N–H and O–H groups in total. The van der Waals surface area contributed by atoms with Crippen LogP contribution < -0.4 is 0 Å². The molecule has 2 aromatic heterocycles. The summed E-state index contributed by atoms with van der Waals surface area (Å²) in [7, 11) is 0. The minimum atomic E-state index is 0.579. The predicted octanol–water partition coefficient (Wildman–Crippen LogP) is 1.50. The van der Waals surface area contributed by atoms with E-state index in [1.54, 1.807) is 30.6 Å². The van der Waals surface area contributed by atoms with Gasteiger partial charge in [-0.05, 0) is 12.1 Å². The van der Waals surface area contributed by atoms with Gasteiger partial charge in [0.05, 0.1) is 5.56 Å². The van der Waals surface area contributed by atoms with Crippen LogP contribution in [0.5, 0.6) is 0 Å². The van der Waals surface area contributed by atoms with Gasteiger partial charge in [-0.15, -0.1) is 19.3 Å². The number of hydrogen-bond donors (Lipinski definition) is 0. The minimum absolute atomic E-state index is 0.579. The van der Waals surface area contributed by atoms with Gasteiger partial charge < -0.3 is 0 Å². The first-order valence-electron chi connectivity index (χ1n) is 4.92. The van der Waals surface area contributed by atoms with Crippen molar-refractivity contribution >= 4 is 0 Å². The molecule has 0 aliphatic carbocycles. The average molecular weight is 231 g/mol. The van der Waals surface area contributed by atoms with Crippen LogP contribution in [0.25, 0.3) is 0 Å². The normalized spacial score (nSPS) is 7.83. The van der Waals surface area contributed by atoms with Gasteiger partial charge >= 0.3 is 0 Å². The summed E-state index contributed by atoms with van der Waals surface area (Å²) in [6, 6.07) is 5.26. The Balaban J connectivity index is 0.000000184. The maximum Gasteiger partial charge on any atom is 0.115 e. The largest absolute Gasteiger partial charge is 0.244 e. The second kappa shape index (κ2) is 7.23. The molecule has 3 nitrogen and oxygen atoms in total. The number of aromatic nitrogens is 3. The zero-order chi connectivity index (χ0) is 13.2. The Kier molecular flexibility index (Phi) is 5.21. The lowest BCUT2D eigenvalue weighted by Crippen LogP contribution is -1.84. The summed E-state index contributed by atoms with van der Waals surface area (Å²) in [5, 5.41) is 0. The van der Waals surface area contributed by atoms with Crippen molar-refractivity contribution in [3.63, 3.8) is 0 Å². The highest BCUT2D eigenvalue weighted by Gasteiger charge is 1.88. The highest BCUT2D eigenvalue weighted by Crippen LogP contribution is 1.94. The number of nitrogens with zero attached hydrogens (tertiary/aromatic N) is 3. The SMILES string of the molecule is C#Cc1cccc(C#C)n1.C#Cc1cncnc1. The monoisotopic (exact) mass is 231 g/mol. The van der Waals surface area contributed by atoms with Gasteiger partial charge in [0.1, 0.15) is 17.7 Å². The molecule has 0 aromatic carbocycles. The van der Waals surface area contributed by atoms with E-state index in [0.717, 1.165) is 0 Å². The van der Waals surface area contributed by atoms with Gasteiger partial charge in [0.25, 0.3) is 0 Å². The van der Waals surface area contributed by atoms with E-state index in [1.165, 1.54) is 6.33 Å². The summed E-state index contributed by atoms with van der Waals surface area (Å²) in [5.41, 5.74) is 1.87. The van der Waals surface area contributed by atoms with Crippen molar-refractivity contribution in [2.45, 2.75) is 0 Å². The van der Waals surface area contributed by atoms with Crippen LogP contribution in [0.4, 0.5) is 0 Å². The van der Waals surface area contributed by atoms with Crippen molar-refractivity contribution < 1.29 is 0 Å². The van der Waals surface area contributed by atoms with Crippen LogP contribution >= 0.6 is 0 Å². The van der Waals surface area contributed by atoms with Crippen molar-refractivity contribution in [2.24, 2.45) is 0 Å². The Morgan fingerprint density at radius 1 is 0.833 bits per heavy atom. The topological polar surface area (TPSA) is 38.7 Å². The molecule has 18 heavy (non-hydrogen) atoms. The fourth-order valence-electron chi connectivity index (χ4n) is 0.969. The maximum atomic E-state index is 5.09. The van der Waals surface area contributed by atoms with Crippen molar-refractivity contribution in [3.8, 4) is 37.0 Å². The van der Waals surface area contributed by atoms with Gasteiger partial charge in [0, 0.05) is 12.4 Å². The first-order chi connectivity index (χ1) is 8.80. The van der Waals surface area contributed by atoms with Gasteiger partial charge in [-0.3, -0.25) is 0 Å². The predicted molar refractivity (Wildman–Crippen MR) is 70.1 cm³/mol. The van der Waals surface area contributed by atoms with Crippen molar-refractivity contribution in [1.29, 1.82) is 0 Å². The van der Waals surface area contributed by atoms with E-state index in [0.29, 0.717) is 17.0 Å². The average Bonchev–Trinajstić information content (AvgIpc) is 2.48. The van der Waals surface area contributed by atoms with Crippen molar-refractivity contribution in [1.82, 2.24) is 15.0 Å². The molecule has 0 aliphatic heterocycles. The molecule has 0 saturated heterocycles. The summed E-state index contributed by atoms with van der Waals surface area (Å²) in [5.74, 6) is 7.19. The second-order valence-electron chi connectivity index (χ2n) is 2.97. The molecule has 0 unspecified atom stereocenters. The zero-order valence-corrected chi connectivity index (χ0v) is 9.54. The van der Waals surface area contributed by atoms with Crippen LogP contribution in [0, 0.1) is 37.0 Å². The molecule has 0 radical (unpaired) electrons. The zero-order valence-electron chi connectivity index (χ0n) is 9.54. The van der Waals surface area contributed by atoms with Crippen LogP contribution in [0.3, 0.4) is 0 Å². The van der Waals surface area contributed by atoms with E-state index in [9.17, 15) is 0 Å². The van der Waals surface area contributed by atoms with E-state index in [2.05, 4.69) is 32.7 Å². The van der Waals surface area contributed by atoms with Crippen molar-refractivity contribution in [3.05, 3.63) is 53.9 Å². The fourth-order valence-corrected chi connectivity index (χ4v) is 0.969. The Bertz CT molecular complexity index is 596. The van der Waals surface area contributed by atoms with Crippen LogP contribution in [-0.2, 0) is 0 Å². The summed E-state index contributed by atoms with van der Waals surface area (Å²) in [4.78, 5) is 11.3. The van der Waals surface area contributed by atoms with Crippen LogP contribution in [0.2, 0.25) is 0 Å². The van der Waals surface area contributed by atoms with Gasteiger partial charge in [-0.25, -0.2) is 15.0 Å². The first-order valence-corrected chi connectivity index (χ1v) is 4.92. The third-order valence-corrected chi connectivity index (χ3v) is 1.77. The maximum absolute atomic E-state index is 5.09. The van der Waals surface area contributed by atoms with Crippen LogP contribution in [-0.4, -0.2) is 15.0 Å². The molecule has 0 spiro atoms. The van der Waals surface area contributed by atoms with Gasteiger partial charge in [-0.1, -0.05) is 23.8 Å². The summed E-state index contributed by atoms with van der Waals surface area (Å²) in [6.45, 7) is 0. The highest BCUT2D eigenvalue weighted by molar-refractivity contribution is 5.31. The second-order valence-corrected chi connectivity index (χ2v) is 2.97. The molecule has 3 heteroatoms. The number of hydrogen-bond acceptors (Lipinski definition) is 3. The van der Waals surface area contributed by atoms with Crippen LogP contribution in [0.15, 0.2) is 36.9 Å². The van der Waals surface area contributed by atoms with Gasteiger partial charge in [-0.2, -0.15) is 0 Å². The first kappa shape index (κ1) is 13.0. The molecule has 0 bridgehead atoms. The molecular weight excluding hydrogens is 222 g/mol. The Hall–Kier alpha value is -3.09. The summed E-state index contributed by atoms with van der Waals surface area (Å²) in [6.07, 6.45) is 19.8. The summed E-state index contributed by atoms with van der Waals surface area (Å²) < 4.78 is 0. The molecule has 2 heterocycles. The number of pyridine rings is 1. The van der Waals surface area contributed by atoms with Gasteiger partial charge in [0.2, 0.25) is 0 Å². The quantitative estimate of drug-likeness (QED) is 0.645. The van der Waals surface area contributed by atoms with Crippen LogP contribution in [0.1, 0.15) is 17.0 Å². The standard InChI is InChI=1S/C9H5N.C6H4N2/c1-3-8-6-5-7-9(4-2)10-8;1-2-6-3-7-5-8-4-6/h1-2,5-7H;1,3-5H. The smallest absolute Gasteiger partial charge is 0.115 e. The lowest BCUT2D eigenvalue weighted by atomic mass is 10.3. The Morgan fingerprint density at radius 3 is 1.78 bits per heavy atom. The molecule has 2 aromatic rings. The molecule has 0 fully saturated rings. The highest BCUT2D eigenvalue weighted by atomic mass is 14.8. The molecule has 0 saturated carbocycles. The number of terminal acetylenes is 3. The molecule has 0 amide bonds. The lowest BCUT2D eigenvalue weighted by molar-refractivity contribution is 1.16. The van der Waals surface area contributed by atoms with E-state index in [-0.39, 0.29) is 0 Å². The minimum Gasteiger partial charge on any atom is -0.244 e. The van der Waals surface area contributed by atoms with E-state index in [4.69, 9.17) is 19.3 Å². The van der Waals surface area contributed by atoms with E-state index >= 15 is 0 Å². The third kappa shape index (κ3) is 4.19. The summed E-state index contributed by atoms with van der Waals surface area (Å²) >= 11 is 0.